The van der Waals surface area contributed by atoms with E-state index < -0.39 is 12.2 Å². The number of anilines is 1. The number of aliphatic hydroxyl groups excluding tert-OH is 1. The van der Waals surface area contributed by atoms with Gasteiger partial charge in [-0.3, -0.25) is 9.47 Å². The SMILES string of the molecule is N#Cc1ccc(-c2cc3n(c2)Cc2cc(N4C[C@@H](CO)OC4=O)ccc2-n2ccnc2-3)cc1. The summed E-state index contributed by atoms with van der Waals surface area (Å²) in [6.45, 7) is 0.725. The molecule has 1 saturated heterocycles. The number of hydrogen-bond donors (Lipinski definition) is 1. The van der Waals surface area contributed by atoms with E-state index in [9.17, 15) is 9.90 Å². The van der Waals surface area contributed by atoms with Gasteiger partial charge in [-0.25, -0.2) is 9.78 Å². The van der Waals surface area contributed by atoms with Gasteiger partial charge in [0.25, 0.3) is 0 Å². The average Bonchev–Trinajstić information content (AvgIpc) is 3.56. The lowest BCUT2D eigenvalue weighted by Crippen LogP contribution is -2.25. The van der Waals surface area contributed by atoms with Crippen LogP contribution in [0.2, 0.25) is 0 Å². The van der Waals surface area contributed by atoms with Gasteiger partial charge in [0.15, 0.2) is 5.82 Å². The largest absolute Gasteiger partial charge is 0.441 e. The number of rotatable bonds is 3. The van der Waals surface area contributed by atoms with E-state index in [1.54, 1.807) is 11.1 Å². The highest BCUT2D eigenvalue weighted by molar-refractivity contribution is 5.90. The Morgan fingerprint density at radius 1 is 1.15 bits per heavy atom. The van der Waals surface area contributed by atoms with E-state index in [0.717, 1.165) is 39.6 Å². The molecule has 1 N–H and O–H groups in total. The van der Waals surface area contributed by atoms with Crippen molar-refractivity contribution >= 4 is 11.8 Å². The molecule has 8 nitrogen and oxygen atoms in total. The van der Waals surface area contributed by atoms with E-state index in [2.05, 4.69) is 32.5 Å². The summed E-state index contributed by atoms with van der Waals surface area (Å²) >= 11 is 0. The number of nitriles is 1. The number of aromatic nitrogens is 3. The molecule has 0 saturated carbocycles. The maximum atomic E-state index is 12.3. The molecule has 0 bridgehead atoms. The number of cyclic esters (lactones) is 1. The Morgan fingerprint density at radius 3 is 2.76 bits per heavy atom. The van der Waals surface area contributed by atoms with Crippen molar-refractivity contribution in [1.29, 1.82) is 5.26 Å². The second-order valence-electron chi connectivity index (χ2n) is 8.16. The number of carbonyl (C=O) groups is 1. The average molecular weight is 437 g/mol. The zero-order chi connectivity index (χ0) is 22.5. The lowest BCUT2D eigenvalue weighted by molar-refractivity contribution is 0.0963. The predicted molar refractivity (Wildman–Crippen MR) is 121 cm³/mol. The van der Waals surface area contributed by atoms with Crippen molar-refractivity contribution in [1.82, 2.24) is 14.1 Å². The fourth-order valence-electron chi connectivity index (χ4n) is 4.52. The van der Waals surface area contributed by atoms with Crippen molar-refractivity contribution in [3.63, 3.8) is 0 Å². The number of ether oxygens (including phenoxy) is 1. The van der Waals surface area contributed by atoms with Crippen molar-refractivity contribution in [2.75, 3.05) is 18.1 Å². The Labute approximate surface area is 189 Å². The number of fused-ring (bicyclic) bond motifs is 5. The van der Waals surface area contributed by atoms with Gasteiger partial charge in [-0.1, -0.05) is 12.1 Å². The number of nitrogens with zero attached hydrogens (tertiary/aromatic N) is 5. The number of amides is 1. The fourth-order valence-corrected chi connectivity index (χ4v) is 4.52. The normalized spacial score (nSPS) is 16.4. The highest BCUT2D eigenvalue weighted by Gasteiger charge is 2.32. The monoisotopic (exact) mass is 437 g/mol. The Morgan fingerprint density at radius 2 is 2.00 bits per heavy atom. The number of carbonyl (C=O) groups excluding carboxylic acids is 1. The van der Waals surface area contributed by atoms with Crippen LogP contribution in [0.1, 0.15) is 11.1 Å². The number of aliphatic hydroxyl groups is 1. The first-order valence-electron chi connectivity index (χ1n) is 10.6. The van der Waals surface area contributed by atoms with Gasteiger partial charge in [0.2, 0.25) is 0 Å². The molecule has 8 heteroatoms. The lowest BCUT2D eigenvalue weighted by Gasteiger charge is -2.17. The minimum atomic E-state index is -0.511. The molecule has 4 aromatic rings. The first kappa shape index (κ1) is 19.3. The van der Waals surface area contributed by atoms with Crippen molar-refractivity contribution in [3.05, 3.63) is 78.2 Å². The minimum absolute atomic E-state index is 0.198. The third-order valence-electron chi connectivity index (χ3n) is 6.17. The van der Waals surface area contributed by atoms with Crippen LogP contribution in [-0.2, 0) is 11.3 Å². The third-order valence-corrected chi connectivity index (χ3v) is 6.17. The quantitative estimate of drug-likeness (QED) is 0.466. The molecule has 1 fully saturated rings. The minimum Gasteiger partial charge on any atom is -0.441 e. The van der Waals surface area contributed by atoms with Gasteiger partial charge in [-0.2, -0.15) is 5.26 Å². The Kier molecular flexibility index (Phi) is 4.31. The summed E-state index contributed by atoms with van der Waals surface area (Å²) in [4.78, 5) is 18.5. The summed E-state index contributed by atoms with van der Waals surface area (Å²) in [5.74, 6) is 0.835. The Hall–Kier alpha value is -4.35. The lowest BCUT2D eigenvalue weighted by atomic mass is 10.1. The molecule has 162 valence electrons. The molecule has 0 aliphatic carbocycles. The van der Waals surface area contributed by atoms with Crippen LogP contribution in [0.4, 0.5) is 10.5 Å². The smallest absolute Gasteiger partial charge is 0.414 e. The van der Waals surface area contributed by atoms with Gasteiger partial charge in [-0.05, 0) is 47.5 Å². The van der Waals surface area contributed by atoms with Crippen LogP contribution in [0.15, 0.2) is 67.1 Å². The highest BCUT2D eigenvalue weighted by atomic mass is 16.6. The number of imidazole rings is 1. The van der Waals surface area contributed by atoms with Crippen LogP contribution < -0.4 is 4.90 Å². The molecule has 2 aromatic carbocycles. The van der Waals surface area contributed by atoms with Crippen molar-refractivity contribution in [2.45, 2.75) is 12.6 Å². The Balaban J connectivity index is 1.43. The van der Waals surface area contributed by atoms with E-state index in [4.69, 9.17) is 10.00 Å². The molecular weight excluding hydrogens is 418 g/mol. The van der Waals surface area contributed by atoms with Crippen molar-refractivity contribution in [3.8, 4) is 34.4 Å². The summed E-state index contributed by atoms with van der Waals surface area (Å²) in [5, 5.41) is 18.4. The number of hydrogen-bond acceptors (Lipinski definition) is 5. The molecule has 1 atom stereocenters. The van der Waals surface area contributed by atoms with Crippen LogP contribution in [0.5, 0.6) is 0 Å². The second-order valence-corrected chi connectivity index (χ2v) is 8.16. The maximum Gasteiger partial charge on any atom is 0.414 e. The summed E-state index contributed by atoms with van der Waals surface area (Å²) in [5.41, 5.74) is 6.45. The first-order valence-corrected chi connectivity index (χ1v) is 10.6. The number of benzene rings is 2. The highest BCUT2D eigenvalue weighted by Crippen LogP contribution is 2.35. The fraction of sp³-hybridized carbons (Fsp3) is 0.160. The zero-order valence-corrected chi connectivity index (χ0v) is 17.5. The zero-order valence-electron chi connectivity index (χ0n) is 17.5. The molecule has 0 unspecified atom stereocenters. The van der Waals surface area contributed by atoms with Crippen LogP contribution in [0.25, 0.3) is 28.3 Å². The van der Waals surface area contributed by atoms with Gasteiger partial charge in [0.1, 0.15) is 6.10 Å². The van der Waals surface area contributed by atoms with Crippen molar-refractivity contribution in [2.24, 2.45) is 0 Å². The molecule has 0 radical (unpaired) electrons. The summed E-state index contributed by atoms with van der Waals surface area (Å²) < 4.78 is 9.42. The molecular formula is C25H19N5O3. The predicted octanol–water partition coefficient (Wildman–Crippen LogP) is 3.56. The topological polar surface area (TPSA) is 96.3 Å². The van der Waals surface area contributed by atoms with E-state index in [0.29, 0.717) is 18.7 Å². The van der Waals surface area contributed by atoms with Crippen LogP contribution >= 0.6 is 0 Å². The molecule has 4 heterocycles. The maximum absolute atomic E-state index is 12.3. The molecule has 2 aromatic heterocycles. The summed E-state index contributed by atoms with van der Waals surface area (Å²) in [6.07, 6.45) is 4.84. The van der Waals surface area contributed by atoms with Crippen LogP contribution in [0, 0.1) is 11.3 Å². The standard InChI is InChI=1S/C25H19N5O3/c26-11-16-1-3-17(4-2-16)18-10-23-24-27-7-8-29(24)22-6-5-20(9-19(22)13-28(23)12-18)30-14-21(15-31)33-25(30)32/h1-10,12,21,31H,13-15H2/t21-/m0/s1. The molecule has 6 rings (SSSR count). The van der Waals surface area contributed by atoms with Gasteiger partial charge >= 0.3 is 6.09 Å². The van der Waals surface area contributed by atoms with Gasteiger partial charge < -0.3 is 14.4 Å². The molecule has 2 aliphatic heterocycles. The van der Waals surface area contributed by atoms with E-state index in [1.165, 1.54) is 0 Å². The van der Waals surface area contributed by atoms with Gasteiger partial charge in [0, 0.05) is 36.4 Å². The third kappa shape index (κ3) is 3.10. The Bertz CT molecular complexity index is 1430. The summed E-state index contributed by atoms with van der Waals surface area (Å²) in [7, 11) is 0. The molecule has 2 aliphatic rings. The van der Waals surface area contributed by atoms with Crippen molar-refractivity contribution < 1.29 is 14.6 Å². The van der Waals surface area contributed by atoms with E-state index >= 15 is 0 Å². The summed E-state index contributed by atoms with van der Waals surface area (Å²) in [6, 6.07) is 17.7. The molecule has 33 heavy (non-hydrogen) atoms. The van der Waals surface area contributed by atoms with Gasteiger partial charge in [-0.15, -0.1) is 0 Å². The molecule has 1 amide bonds. The second kappa shape index (κ2) is 7.36. The molecule has 0 spiro atoms. The van der Waals surface area contributed by atoms with Crippen LogP contribution in [-0.4, -0.2) is 44.6 Å². The van der Waals surface area contributed by atoms with Gasteiger partial charge in [0.05, 0.1) is 36.2 Å². The van der Waals surface area contributed by atoms with Crippen LogP contribution in [0.3, 0.4) is 0 Å². The van der Waals surface area contributed by atoms with E-state index in [-0.39, 0.29) is 6.61 Å². The van der Waals surface area contributed by atoms with E-state index in [1.807, 2.05) is 48.7 Å². The first-order chi connectivity index (χ1) is 16.1.